The number of aromatic amines is 1. The van der Waals surface area contributed by atoms with Crippen molar-refractivity contribution in [3.05, 3.63) is 93.8 Å². The molecule has 36 heavy (non-hydrogen) atoms. The van der Waals surface area contributed by atoms with Crippen LogP contribution in [-0.2, 0) is 17.8 Å². The van der Waals surface area contributed by atoms with Crippen molar-refractivity contribution in [3.8, 4) is 11.5 Å². The van der Waals surface area contributed by atoms with Crippen LogP contribution in [0, 0.1) is 5.82 Å². The summed E-state index contributed by atoms with van der Waals surface area (Å²) in [7, 11) is 1.38. The third-order valence-corrected chi connectivity index (χ3v) is 6.27. The maximum Gasteiger partial charge on any atom is 0.339 e. The van der Waals surface area contributed by atoms with E-state index in [0.717, 1.165) is 16.5 Å². The Morgan fingerprint density at radius 2 is 1.83 bits per heavy atom. The highest BCUT2D eigenvalue weighted by molar-refractivity contribution is 9.10. The number of carbonyl (C=O) groups excluding carboxylic acids is 1. The summed E-state index contributed by atoms with van der Waals surface area (Å²) in [6.45, 7) is -0.0945. The molecule has 4 aromatic rings. The van der Waals surface area contributed by atoms with Crippen LogP contribution in [0.2, 0.25) is 0 Å². The third-order valence-electron chi connectivity index (χ3n) is 5.81. The normalized spacial score (nSPS) is 10.9. The predicted molar refractivity (Wildman–Crippen MR) is 137 cm³/mol. The van der Waals surface area contributed by atoms with E-state index in [4.69, 9.17) is 9.47 Å². The second-order valence-electron chi connectivity index (χ2n) is 8.09. The van der Waals surface area contributed by atoms with E-state index in [0.29, 0.717) is 23.0 Å². The van der Waals surface area contributed by atoms with Gasteiger partial charge in [-0.1, -0.05) is 52.3 Å². The number of para-hydroxylation sites is 1. The molecule has 0 saturated heterocycles. The van der Waals surface area contributed by atoms with Gasteiger partial charge in [0, 0.05) is 40.2 Å². The number of carboxylic acids is 1. The van der Waals surface area contributed by atoms with Crippen LogP contribution < -0.4 is 9.47 Å². The van der Waals surface area contributed by atoms with E-state index in [1.165, 1.54) is 24.1 Å². The lowest BCUT2D eigenvalue weighted by atomic mass is 10.1. The van der Waals surface area contributed by atoms with E-state index < -0.39 is 24.3 Å². The molecule has 0 aliphatic rings. The first kappa shape index (κ1) is 25.2. The molecule has 0 aliphatic carbocycles. The zero-order valence-electron chi connectivity index (χ0n) is 19.5. The monoisotopic (exact) mass is 554 g/mol. The average Bonchev–Trinajstić information content (AvgIpc) is 3.29. The van der Waals surface area contributed by atoms with Gasteiger partial charge < -0.3 is 24.5 Å². The van der Waals surface area contributed by atoms with Gasteiger partial charge in [-0.05, 0) is 36.2 Å². The van der Waals surface area contributed by atoms with Crippen LogP contribution in [-0.4, -0.2) is 47.1 Å². The van der Waals surface area contributed by atoms with Crippen LogP contribution in [0.5, 0.6) is 11.5 Å². The number of nitrogens with one attached hydrogen (secondary N) is 1. The lowest BCUT2D eigenvalue weighted by Gasteiger charge is -2.24. The van der Waals surface area contributed by atoms with Gasteiger partial charge in [-0.15, -0.1) is 0 Å². The predicted octanol–water partition coefficient (Wildman–Crippen LogP) is 5.43. The summed E-state index contributed by atoms with van der Waals surface area (Å²) >= 11 is 3.25. The molecule has 1 aromatic heterocycles. The minimum atomic E-state index is -1.22. The van der Waals surface area contributed by atoms with Gasteiger partial charge in [-0.2, -0.15) is 0 Å². The van der Waals surface area contributed by atoms with E-state index in [1.807, 2.05) is 30.5 Å². The second kappa shape index (κ2) is 11.3. The molecule has 0 atom stereocenters. The SMILES string of the molecule is COc1cc(Br)cc(C(=O)O)c1OCC(=O)N(CCc1c[nH]c2ccccc12)Cc1ccccc1F. The molecule has 4 rings (SSSR count). The number of nitrogens with zero attached hydrogens (tertiary/aromatic N) is 1. The van der Waals surface area contributed by atoms with Gasteiger partial charge in [-0.25, -0.2) is 9.18 Å². The molecular weight excluding hydrogens is 531 g/mol. The Morgan fingerprint density at radius 3 is 2.58 bits per heavy atom. The number of methoxy groups -OCH3 is 1. The van der Waals surface area contributed by atoms with Crippen LogP contribution in [0.1, 0.15) is 21.5 Å². The number of rotatable bonds is 10. The Morgan fingerprint density at radius 1 is 1.08 bits per heavy atom. The van der Waals surface area contributed by atoms with E-state index >= 15 is 0 Å². The number of carbonyl (C=O) groups is 2. The summed E-state index contributed by atoms with van der Waals surface area (Å²) in [5.41, 5.74) is 2.25. The van der Waals surface area contributed by atoms with Gasteiger partial charge >= 0.3 is 5.97 Å². The zero-order valence-corrected chi connectivity index (χ0v) is 21.0. The summed E-state index contributed by atoms with van der Waals surface area (Å²) < 4.78 is 25.8. The average molecular weight is 555 g/mol. The molecule has 1 amide bonds. The first-order valence-electron chi connectivity index (χ1n) is 11.2. The zero-order chi connectivity index (χ0) is 25.7. The van der Waals surface area contributed by atoms with Crippen molar-refractivity contribution >= 4 is 38.7 Å². The number of benzene rings is 3. The molecule has 0 saturated carbocycles. The van der Waals surface area contributed by atoms with E-state index in [-0.39, 0.29) is 23.6 Å². The van der Waals surface area contributed by atoms with Crippen LogP contribution in [0.4, 0.5) is 4.39 Å². The van der Waals surface area contributed by atoms with Gasteiger partial charge in [0.2, 0.25) is 0 Å². The van der Waals surface area contributed by atoms with Gasteiger partial charge in [0.25, 0.3) is 5.91 Å². The number of carboxylic acid groups (broad SMARTS) is 1. The molecule has 3 aromatic carbocycles. The molecule has 0 fully saturated rings. The summed E-state index contributed by atoms with van der Waals surface area (Å²) in [6, 6.07) is 17.1. The quantitative estimate of drug-likeness (QED) is 0.273. The molecule has 0 unspecified atom stereocenters. The Bertz CT molecular complexity index is 1400. The molecule has 0 bridgehead atoms. The van der Waals surface area contributed by atoms with Crippen molar-refractivity contribution in [2.75, 3.05) is 20.3 Å². The number of aromatic nitrogens is 1. The van der Waals surface area contributed by atoms with Gasteiger partial charge in [0.05, 0.1) is 7.11 Å². The molecule has 1 heterocycles. The smallest absolute Gasteiger partial charge is 0.339 e. The minimum absolute atomic E-state index is 0.0421. The molecule has 0 aliphatic heterocycles. The van der Waals surface area contributed by atoms with E-state index in [1.54, 1.807) is 24.3 Å². The number of ether oxygens (including phenoxy) is 2. The Hall–Kier alpha value is -3.85. The van der Waals surface area contributed by atoms with Gasteiger partial charge in [-0.3, -0.25) is 4.79 Å². The highest BCUT2D eigenvalue weighted by Crippen LogP contribution is 2.35. The number of halogens is 2. The highest BCUT2D eigenvalue weighted by Gasteiger charge is 2.22. The Kier molecular flexibility index (Phi) is 7.90. The minimum Gasteiger partial charge on any atom is -0.493 e. The molecule has 7 nitrogen and oxygen atoms in total. The van der Waals surface area contributed by atoms with Crippen molar-refractivity contribution in [2.45, 2.75) is 13.0 Å². The first-order valence-corrected chi connectivity index (χ1v) is 12.0. The third kappa shape index (κ3) is 5.68. The number of hydrogen-bond acceptors (Lipinski definition) is 4. The number of H-pyrrole nitrogens is 1. The standard InChI is InChI=1S/C27H24BrFN2O5/c1-35-24-13-19(28)12-21(27(33)34)26(24)36-16-25(32)31(15-18-6-2-4-8-22(18)29)11-10-17-14-30-23-9-5-3-7-20(17)23/h2-9,12-14,30H,10-11,15-16H2,1H3,(H,33,34). The maximum atomic E-state index is 14.4. The topological polar surface area (TPSA) is 91.9 Å². The van der Waals surface area contributed by atoms with Gasteiger partial charge in [0.15, 0.2) is 18.1 Å². The van der Waals surface area contributed by atoms with Crippen molar-refractivity contribution in [2.24, 2.45) is 0 Å². The van der Waals surface area contributed by atoms with Crippen molar-refractivity contribution < 1.29 is 28.6 Å². The van der Waals surface area contributed by atoms with Crippen molar-refractivity contribution in [3.63, 3.8) is 0 Å². The molecule has 0 spiro atoms. The Labute approximate surface area is 215 Å². The molecule has 186 valence electrons. The lowest BCUT2D eigenvalue weighted by molar-refractivity contribution is -0.134. The van der Waals surface area contributed by atoms with Crippen molar-refractivity contribution in [1.82, 2.24) is 9.88 Å². The molecule has 9 heteroatoms. The van der Waals surface area contributed by atoms with Crippen LogP contribution >= 0.6 is 15.9 Å². The number of hydrogen-bond donors (Lipinski definition) is 2. The molecular formula is C27H24BrFN2O5. The second-order valence-corrected chi connectivity index (χ2v) is 9.01. The molecule has 0 radical (unpaired) electrons. The highest BCUT2D eigenvalue weighted by atomic mass is 79.9. The lowest BCUT2D eigenvalue weighted by Crippen LogP contribution is -2.36. The Balaban J connectivity index is 1.56. The maximum absolute atomic E-state index is 14.4. The van der Waals surface area contributed by atoms with Crippen molar-refractivity contribution in [1.29, 1.82) is 0 Å². The fourth-order valence-electron chi connectivity index (χ4n) is 3.97. The summed E-state index contributed by atoms with van der Waals surface area (Å²) in [4.78, 5) is 29.7. The van der Waals surface area contributed by atoms with E-state index in [9.17, 15) is 19.1 Å². The number of aromatic carboxylic acids is 1. The fraction of sp³-hybridized carbons (Fsp3) is 0.185. The first-order chi connectivity index (χ1) is 17.4. The fourth-order valence-corrected chi connectivity index (χ4v) is 4.41. The number of amides is 1. The van der Waals surface area contributed by atoms with E-state index in [2.05, 4.69) is 20.9 Å². The van der Waals surface area contributed by atoms with Crippen LogP contribution in [0.15, 0.2) is 71.3 Å². The molecule has 2 N–H and O–H groups in total. The van der Waals surface area contributed by atoms with Crippen LogP contribution in [0.3, 0.4) is 0 Å². The summed E-state index contributed by atoms with van der Waals surface area (Å²) in [6.07, 6.45) is 2.44. The number of fused-ring (bicyclic) bond motifs is 1. The summed E-state index contributed by atoms with van der Waals surface area (Å²) in [5.74, 6) is -1.93. The largest absolute Gasteiger partial charge is 0.493 e. The summed E-state index contributed by atoms with van der Waals surface area (Å²) in [5, 5.41) is 10.6. The van der Waals surface area contributed by atoms with Crippen LogP contribution in [0.25, 0.3) is 10.9 Å². The van der Waals surface area contributed by atoms with Gasteiger partial charge in [0.1, 0.15) is 11.4 Å².